The summed E-state index contributed by atoms with van der Waals surface area (Å²) in [7, 11) is 0. The minimum atomic E-state index is -0.0284. The predicted octanol–water partition coefficient (Wildman–Crippen LogP) is 4.17. The highest BCUT2D eigenvalue weighted by molar-refractivity contribution is 6.00. The van der Waals surface area contributed by atoms with Crippen LogP contribution in [0.15, 0.2) is 54.9 Å². The number of fused-ring (bicyclic) bond motifs is 1. The second kappa shape index (κ2) is 8.47. The van der Waals surface area contributed by atoms with Crippen molar-refractivity contribution in [3.8, 4) is 17.0 Å². The number of hydrogen-bond acceptors (Lipinski definition) is 5. The third-order valence-corrected chi connectivity index (χ3v) is 5.85. The third-order valence-electron chi connectivity index (χ3n) is 5.85. The Morgan fingerprint density at radius 2 is 1.94 bits per heavy atom. The highest BCUT2D eigenvalue weighted by atomic mass is 16.5. The van der Waals surface area contributed by atoms with Crippen LogP contribution in [0.4, 0.5) is 0 Å². The number of aryl methyl sites for hydroxylation is 1. The van der Waals surface area contributed by atoms with Crippen molar-refractivity contribution in [1.82, 2.24) is 14.9 Å². The van der Waals surface area contributed by atoms with Gasteiger partial charge in [0.1, 0.15) is 12.2 Å². The van der Waals surface area contributed by atoms with E-state index in [1.54, 1.807) is 6.20 Å². The number of hydrogen-bond donors (Lipinski definition) is 0. The Morgan fingerprint density at radius 3 is 2.71 bits per heavy atom. The van der Waals surface area contributed by atoms with Crippen LogP contribution in [-0.2, 0) is 17.8 Å². The molecule has 1 saturated heterocycles. The van der Waals surface area contributed by atoms with Crippen LogP contribution in [-0.4, -0.2) is 40.1 Å². The van der Waals surface area contributed by atoms with E-state index in [9.17, 15) is 4.79 Å². The number of pyridine rings is 2. The van der Waals surface area contributed by atoms with Crippen LogP contribution in [0.25, 0.3) is 11.1 Å². The molecule has 1 fully saturated rings. The molecule has 1 amide bonds. The fourth-order valence-electron chi connectivity index (χ4n) is 4.21. The summed E-state index contributed by atoms with van der Waals surface area (Å²) in [6.07, 6.45) is 5.68. The predicted molar refractivity (Wildman–Crippen MR) is 117 cm³/mol. The average Bonchev–Trinajstić information content (AvgIpc) is 3.41. The summed E-state index contributed by atoms with van der Waals surface area (Å²) in [5.41, 5.74) is 5.91. The molecular formula is C25H25N3O3. The normalized spacial score (nSPS) is 17.8. The Labute approximate surface area is 181 Å². The van der Waals surface area contributed by atoms with Crippen molar-refractivity contribution in [3.05, 3.63) is 77.2 Å². The van der Waals surface area contributed by atoms with E-state index in [-0.39, 0.29) is 12.0 Å². The van der Waals surface area contributed by atoms with E-state index in [1.165, 1.54) is 0 Å². The standard InChI is InChI=1S/C25H25N3O3/c1-17-13-20(8-10-26-17)19-6-4-18(5-7-19)14-28-15-21-9-11-27-24(23(21)25(28)29)31-16-22-3-2-12-30-22/h4-11,13,22H,2-3,12,14-16H2,1H3. The van der Waals surface area contributed by atoms with E-state index >= 15 is 0 Å². The smallest absolute Gasteiger partial charge is 0.260 e. The van der Waals surface area contributed by atoms with Crippen LogP contribution in [0.5, 0.6) is 5.88 Å². The maximum absolute atomic E-state index is 13.1. The summed E-state index contributed by atoms with van der Waals surface area (Å²) in [5, 5.41) is 0. The summed E-state index contributed by atoms with van der Waals surface area (Å²) >= 11 is 0. The number of carbonyl (C=O) groups excluding carboxylic acids is 1. The molecule has 158 valence electrons. The fourth-order valence-corrected chi connectivity index (χ4v) is 4.21. The average molecular weight is 415 g/mol. The van der Waals surface area contributed by atoms with Gasteiger partial charge >= 0.3 is 0 Å². The topological polar surface area (TPSA) is 64.6 Å². The molecule has 4 heterocycles. The molecule has 2 aromatic heterocycles. The minimum Gasteiger partial charge on any atom is -0.474 e. The van der Waals surface area contributed by atoms with Gasteiger partial charge < -0.3 is 14.4 Å². The molecular weight excluding hydrogens is 390 g/mol. The van der Waals surface area contributed by atoms with Crippen molar-refractivity contribution in [2.45, 2.75) is 39.0 Å². The van der Waals surface area contributed by atoms with E-state index in [4.69, 9.17) is 9.47 Å². The van der Waals surface area contributed by atoms with Gasteiger partial charge in [0.15, 0.2) is 0 Å². The van der Waals surface area contributed by atoms with Crippen molar-refractivity contribution in [2.75, 3.05) is 13.2 Å². The number of ether oxygens (including phenoxy) is 2. The Morgan fingerprint density at radius 1 is 1.10 bits per heavy atom. The zero-order valence-electron chi connectivity index (χ0n) is 17.6. The van der Waals surface area contributed by atoms with E-state index in [2.05, 4.69) is 40.3 Å². The largest absolute Gasteiger partial charge is 0.474 e. The number of nitrogens with zero attached hydrogens (tertiary/aromatic N) is 3. The van der Waals surface area contributed by atoms with E-state index < -0.39 is 0 Å². The van der Waals surface area contributed by atoms with Gasteiger partial charge in [-0.15, -0.1) is 0 Å². The van der Waals surface area contributed by atoms with Crippen molar-refractivity contribution in [2.24, 2.45) is 0 Å². The van der Waals surface area contributed by atoms with Crippen molar-refractivity contribution in [3.63, 3.8) is 0 Å². The first-order valence-corrected chi connectivity index (χ1v) is 10.7. The lowest BCUT2D eigenvalue weighted by Crippen LogP contribution is -2.24. The summed E-state index contributed by atoms with van der Waals surface area (Å²) < 4.78 is 11.5. The van der Waals surface area contributed by atoms with Gasteiger partial charge in [-0.25, -0.2) is 4.98 Å². The highest BCUT2D eigenvalue weighted by Crippen LogP contribution is 2.31. The molecule has 6 nitrogen and oxygen atoms in total. The molecule has 0 radical (unpaired) electrons. The molecule has 1 aromatic carbocycles. The van der Waals surface area contributed by atoms with Crippen molar-refractivity contribution in [1.29, 1.82) is 0 Å². The van der Waals surface area contributed by atoms with Gasteiger partial charge in [-0.3, -0.25) is 9.78 Å². The van der Waals surface area contributed by atoms with Crippen molar-refractivity contribution < 1.29 is 14.3 Å². The molecule has 1 unspecified atom stereocenters. The van der Waals surface area contributed by atoms with Crippen LogP contribution in [0.2, 0.25) is 0 Å². The quantitative estimate of drug-likeness (QED) is 0.605. The third kappa shape index (κ3) is 4.16. The lowest BCUT2D eigenvalue weighted by Gasteiger charge is -2.16. The minimum absolute atomic E-state index is 0.0284. The van der Waals surface area contributed by atoms with Gasteiger partial charge in [0, 0.05) is 37.8 Å². The Balaban J connectivity index is 1.28. The molecule has 0 saturated carbocycles. The molecule has 0 aliphatic carbocycles. The molecule has 1 atom stereocenters. The molecule has 0 N–H and O–H groups in total. The highest BCUT2D eigenvalue weighted by Gasteiger charge is 2.32. The number of benzene rings is 1. The molecule has 6 heteroatoms. The number of amides is 1. The fraction of sp³-hybridized carbons (Fsp3) is 0.320. The molecule has 31 heavy (non-hydrogen) atoms. The van der Waals surface area contributed by atoms with E-state index in [0.717, 1.165) is 47.4 Å². The monoisotopic (exact) mass is 415 g/mol. The van der Waals surface area contributed by atoms with Crippen LogP contribution in [0, 0.1) is 6.92 Å². The molecule has 3 aromatic rings. The molecule has 2 aliphatic rings. The Bertz CT molecular complexity index is 1090. The maximum Gasteiger partial charge on any atom is 0.260 e. The Kier molecular flexibility index (Phi) is 5.38. The maximum atomic E-state index is 13.1. The first-order valence-electron chi connectivity index (χ1n) is 10.7. The Hall–Kier alpha value is -3.25. The molecule has 2 aliphatic heterocycles. The lowest BCUT2D eigenvalue weighted by atomic mass is 10.0. The van der Waals surface area contributed by atoms with E-state index in [1.807, 2.05) is 30.2 Å². The van der Waals surface area contributed by atoms with Gasteiger partial charge in [0.2, 0.25) is 5.88 Å². The SMILES string of the molecule is Cc1cc(-c2ccc(CN3Cc4ccnc(OCC5CCCO5)c4C3=O)cc2)ccn1. The van der Waals surface area contributed by atoms with Crippen LogP contribution >= 0.6 is 0 Å². The molecule has 0 bridgehead atoms. The van der Waals surface area contributed by atoms with Gasteiger partial charge in [0.25, 0.3) is 5.91 Å². The van der Waals surface area contributed by atoms with E-state index in [0.29, 0.717) is 31.1 Å². The van der Waals surface area contributed by atoms with Gasteiger partial charge in [-0.2, -0.15) is 0 Å². The van der Waals surface area contributed by atoms with Gasteiger partial charge in [-0.1, -0.05) is 24.3 Å². The number of carbonyl (C=O) groups is 1. The first kappa shape index (κ1) is 19.7. The summed E-state index contributed by atoms with van der Waals surface area (Å²) in [5.74, 6) is 0.392. The zero-order chi connectivity index (χ0) is 21.2. The second-order valence-electron chi connectivity index (χ2n) is 8.14. The van der Waals surface area contributed by atoms with Gasteiger partial charge in [-0.05, 0) is 60.2 Å². The summed E-state index contributed by atoms with van der Waals surface area (Å²) in [6, 6.07) is 14.3. The second-order valence-corrected chi connectivity index (χ2v) is 8.14. The number of rotatable bonds is 6. The summed E-state index contributed by atoms with van der Waals surface area (Å²) in [6.45, 7) is 4.32. The van der Waals surface area contributed by atoms with Gasteiger partial charge in [0.05, 0.1) is 6.10 Å². The van der Waals surface area contributed by atoms with Crippen LogP contribution in [0.1, 0.15) is 40.0 Å². The summed E-state index contributed by atoms with van der Waals surface area (Å²) in [4.78, 5) is 23.5. The van der Waals surface area contributed by atoms with Crippen LogP contribution < -0.4 is 4.74 Å². The van der Waals surface area contributed by atoms with Crippen LogP contribution in [0.3, 0.4) is 0 Å². The molecule has 0 spiro atoms. The number of aromatic nitrogens is 2. The zero-order valence-corrected chi connectivity index (χ0v) is 17.6. The first-order chi connectivity index (χ1) is 15.2. The van der Waals surface area contributed by atoms with Crippen molar-refractivity contribution >= 4 is 5.91 Å². The molecule has 5 rings (SSSR count). The lowest BCUT2D eigenvalue weighted by molar-refractivity contribution is 0.0643.